The van der Waals surface area contributed by atoms with Gasteiger partial charge in [-0.15, -0.1) is 5.10 Å². The number of aromatic nitrogens is 5. The third-order valence-electron chi connectivity index (χ3n) is 6.25. The summed E-state index contributed by atoms with van der Waals surface area (Å²) in [5, 5.41) is 7.76. The molecule has 0 spiro atoms. The van der Waals surface area contributed by atoms with E-state index in [2.05, 4.69) is 20.2 Å². The minimum atomic E-state index is -0.684. The van der Waals surface area contributed by atoms with E-state index in [1.54, 1.807) is 0 Å². The van der Waals surface area contributed by atoms with Gasteiger partial charge in [-0.1, -0.05) is 68.3 Å². The van der Waals surface area contributed by atoms with Crippen molar-refractivity contribution in [3.05, 3.63) is 62.6 Å². The van der Waals surface area contributed by atoms with Crippen LogP contribution in [-0.2, 0) is 17.9 Å². The number of thioether (sulfide) groups is 1. The summed E-state index contributed by atoms with van der Waals surface area (Å²) in [5.41, 5.74) is 5.86. The monoisotopic (exact) mass is 497 g/mol. The van der Waals surface area contributed by atoms with Crippen molar-refractivity contribution < 1.29 is 4.79 Å². The van der Waals surface area contributed by atoms with Gasteiger partial charge in [-0.3, -0.25) is 29.1 Å². The molecule has 1 fully saturated rings. The summed E-state index contributed by atoms with van der Waals surface area (Å²) in [4.78, 5) is 46.9. The number of rotatable bonds is 10. The number of aromatic amines is 2. The zero-order valence-corrected chi connectivity index (χ0v) is 20.6. The van der Waals surface area contributed by atoms with E-state index in [1.165, 1.54) is 34.1 Å². The van der Waals surface area contributed by atoms with Crippen molar-refractivity contribution >= 4 is 29.2 Å². The van der Waals surface area contributed by atoms with Crippen molar-refractivity contribution in [2.45, 2.75) is 69.6 Å². The van der Waals surface area contributed by atoms with Crippen LogP contribution in [0, 0.1) is 0 Å². The minimum Gasteiger partial charge on any atom is -0.383 e. The lowest BCUT2D eigenvalue weighted by molar-refractivity contribution is -0.116. The Balaban J connectivity index is 1.60. The Bertz CT molecular complexity index is 1260. The molecule has 0 radical (unpaired) electrons. The SMILES string of the molecule is CCCCn1c(N)c(N(Cc2ccccc2)C(=O)CSc2n[nH]c(C3CCCC3)n2)c(=O)[nH]c1=O. The molecule has 1 aliphatic carbocycles. The maximum Gasteiger partial charge on any atom is 0.330 e. The van der Waals surface area contributed by atoms with Gasteiger partial charge >= 0.3 is 5.69 Å². The van der Waals surface area contributed by atoms with E-state index in [9.17, 15) is 14.4 Å². The highest BCUT2D eigenvalue weighted by molar-refractivity contribution is 7.99. The molecular formula is C24H31N7O3S. The first kappa shape index (κ1) is 24.8. The van der Waals surface area contributed by atoms with Crippen molar-refractivity contribution in [2.24, 2.45) is 0 Å². The average Bonchev–Trinajstić information content (AvgIpc) is 3.54. The number of H-pyrrole nitrogens is 2. The normalized spacial score (nSPS) is 13.9. The maximum absolute atomic E-state index is 13.4. The second-order valence-electron chi connectivity index (χ2n) is 8.74. The Morgan fingerprint density at radius 3 is 2.69 bits per heavy atom. The second kappa shape index (κ2) is 11.4. The number of nitrogens with two attached hydrogens (primary N) is 1. The molecule has 0 atom stereocenters. The lowest BCUT2D eigenvalue weighted by atomic mass is 10.1. The van der Waals surface area contributed by atoms with Gasteiger partial charge in [0.2, 0.25) is 11.1 Å². The molecule has 3 aromatic rings. The lowest BCUT2D eigenvalue weighted by Crippen LogP contribution is -2.41. The highest BCUT2D eigenvalue weighted by Crippen LogP contribution is 2.32. The number of anilines is 2. The van der Waals surface area contributed by atoms with Crippen molar-refractivity contribution in [2.75, 3.05) is 16.4 Å². The van der Waals surface area contributed by atoms with Gasteiger partial charge in [0.15, 0.2) is 5.69 Å². The number of nitrogens with zero attached hydrogens (tertiary/aromatic N) is 4. The quantitative estimate of drug-likeness (QED) is 0.365. The molecule has 2 aromatic heterocycles. The molecule has 10 nitrogen and oxygen atoms in total. The standard InChI is InChI=1S/C24H31N7O3S/c1-2-3-13-30-20(25)19(22(33)27-24(30)34)31(14-16-9-5-4-6-10-16)18(32)15-35-23-26-21(28-29-23)17-11-7-8-12-17/h4-6,9-10,17H,2-3,7-8,11-15,25H2,1H3,(H,26,28,29)(H,27,33,34). The number of hydrogen-bond acceptors (Lipinski definition) is 7. The van der Waals surface area contributed by atoms with Crippen molar-refractivity contribution in [3.63, 3.8) is 0 Å². The third kappa shape index (κ3) is 5.84. The Labute approximate surface area is 207 Å². The van der Waals surface area contributed by atoms with Crippen LogP contribution in [0.4, 0.5) is 11.5 Å². The van der Waals surface area contributed by atoms with Crippen LogP contribution in [-0.4, -0.2) is 36.4 Å². The van der Waals surface area contributed by atoms with Gasteiger partial charge in [-0.05, 0) is 24.8 Å². The molecule has 0 unspecified atom stereocenters. The zero-order valence-electron chi connectivity index (χ0n) is 19.8. The Morgan fingerprint density at radius 2 is 1.97 bits per heavy atom. The van der Waals surface area contributed by atoms with Crippen molar-refractivity contribution in [1.29, 1.82) is 0 Å². The van der Waals surface area contributed by atoms with Gasteiger partial charge in [0.05, 0.1) is 12.3 Å². The summed E-state index contributed by atoms with van der Waals surface area (Å²) in [5.74, 6) is 0.931. The molecular weight excluding hydrogens is 466 g/mol. The number of nitrogen functional groups attached to an aromatic ring is 1. The maximum atomic E-state index is 13.4. The van der Waals surface area contributed by atoms with Crippen LogP contribution < -0.4 is 21.9 Å². The number of amides is 1. The molecule has 4 N–H and O–H groups in total. The fourth-order valence-electron chi connectivity index (χ4n) is 4.34. The van der Waals surface area contributed by atoms with Crippen LogP contribution in [0.3, 0.4) is 0 Å². The predicted molar refractivity (Wildman–Crippen MR) is 137 cm³/mol. The van der Waals surface area contributed by atoms with Gasteiger partial charge < -0.3 is 5.73 Å². The molecule has 2 heterocycles. The molecule has 1 amide bonds. The molecule has 4 rings (SSSR count). The number of nitrogens with one attached hydrogen (secondary N) is 2. The molecule has 0 bridgehead atoms. The number of unbranched alkanes of at least 4 members (excludes halogenated alkanes) is 1. The van der Waals surface area contributed by atoms with Gasteiger partial charge in [-0.2, -0.15) is 0 Å². The zero-order chi connectivity index (χ0) is 24.8. The molecule has 1 aliphatic rings. The molecule has 0 aliphatic heterocycles. The summed E-state index contributed by atoms with van der Waals surface area (Å²) in [6.45, 7) is 2.49. The first-order chi connectivity index (χ1) is 17.0. The van der Waals surface area contributed by atoms with E-state index < -0.39 is 11.2 Å². The van der Waals surface area contributed by atoms with E-state index >= 15 is 0 Å². The highest BCUT2D eigenvalue weighted by atomic mass is 32.2. The number of carbonyl (C=O) groups is 1. The molecule has 35 heavy (non-hydrogen) atoms. The van der Waals surface area contributed by atoms with Crippen LogP contribution in [0.25, 0.3) is 0 Å². The Morgan fingerprint density at radius 1 is 1.23 bits per heavy atom. The number of benzene rings is 1. The summed E-state index contributed by atoms with van der Waals surface area (Å²) in [7, 11) is 0. The number of carbonyl (C=O) groups excluding carboxylic acids is 1. The first-order valence-corrected chi connectivity index (χ1v) is 13.0. The van der Waals surface area contributed by atoms with Crippen LogP contribution >= 0.6 is 11.8 Å². The van der Waals surface area contributed by atoms with Crippen LogP contribution in [0.2, 0.25) is 0 Å². The second-order valence-corrected chi connectivity index (χ2v) is 9.68. The van der Waals surface area contributed by atoms with Gasteiger partial charge in [0.1, 0.15) is 11.6 Å². The molecule has 186 valence electrons. The van der Waals surface area contributed by atoms with Gasteiger partial charge in [0, 0.05) is 12.5 Å². The van der Waals surface area contributed by atoms with Crippen LogP contribution in [0.1, 0.15) is 62.8 Å². The lowest BCUT2D eigenvalue weighted by Gasteiger charge is -2.24. The van der Waals surface area contributed by atoms with E-state index in [-0.39, 0.29) is 29.7 Å². The topological polar surface area (TPSA) is 143 Å². The van der Waals surface area contributed by atoms with Crippen LogP contribution in [0.15, 0.2) is 45.1 Å². The van der Waals surface area contributed by atoms with Gasteiger partial charge in [-0.25, -0.2) is 9.78 Å². The van der Waals surface area contributed by atoms with Crippen molar-refractivity contribution in [3.8, 4) is 0 Å². The van der Waals surface area contributed by atoms with E-state index in [1.807, 2.05) is 37.3 Å². The van der Waals surface area contributed by atoms with Gasteiger partial charge in [0.25, 0.3) is 5.56 Å². The third-order valence-corrected chi connectivity index (χ3v) is 7.08. The van der Waals surface area contributed by atoms with E-state index in [4.69, 9.17) is 5.73 Å². The largest absolute Gasteiger partial charge is 0.383 e. The number of hydrogen-bond donors (Lipinski definition) is 3. The fraction of sp³-hybridized carbons (Fsp3) is 0.458. The van der Waals surface area contributed by atoms with E-state index in [0.29, 0.717) is 24.0 Å². The molecule has 0 saturated heterocycles. The van der Waals surface area contributed by atoms with E-state index in [0.717, 1.165) is 30.7 Å². The molecule has 1 aromatic carbocycles. The smallest absolute Gasteiger partial charge is 0.330 e. The predicted octanol–water partition coefficient (Wildman–Crippen LogP) is 3.02. The average molecular weight is 498 g/mol. The molecule has 1 saturated carbocycles. The fourth-order valence-corrected chi connectivity index (χ4v) is 5.02. The van der Waals surface area contributed by atoms with Crippen LogP contribution in [0.5, 0.6) is 0 Å². The highest BCUT2D eigenvalue weighted by Gasteiger charge is 2.26. The Hall–Kier alpha value is -3.34. The van der Waals surface area contributed by atoms with Crippen molar-refractivity contribution in [1.82, 2.24) is 24.7 Å². The first-order valence-electron chi connectivity index (χ1n) is 12.0. The summed E-state index contributed by atoms with van der Waals surface area (Å²) in [6, 6.07) is 9.34. The summed E-state index contributed by atoms with van der Waals surface area (Å²) < 4.78 is 1.32. The summed E-state index contributed by atoms with van der Waals surface area (Å²) >= 11 is 1.21. The molecule has 11 heteroatoms. The Kier molecular flexibility index (Phi) is 8.06. The summed E-state index contributed by atoms with van der Waals surface area (Å²) in [6.07, 6.45) is 6.14. The minimum absolute atomic E-state index is 0.0112.